The van der Waals surface area contributed by atoms with Gasteiger partial charge in [0.2, 0.25) is 5.89 Å². The minimum atomic E-state index is -0.778. The fourth-order valence-electron chi connectivity index (χ4n) is 6.64. The first-order valence-corrected chi connectivity index (χ1v) is 11.8. The number of carbonyl (C=O) groups is 1. The number of hydrogen-bond acceptors (Lipinski definition) is 5. The summed E-state index contributed by atoms with van der Waals surface area (Å²) in [6.45, 7) is 9.12. The van der Waals surface area contributed by atoms with Crippen LogP contribution in [0.1, 0.15) is 76.0 Å². The van der Waals surface area contributed by atoms with Gasteiger partial charge in [0.05, 0.1) is 5.60 Å². The zero-order chi connectivity index (χ0) is 22.4. The highest BCUT2D eigenvalue weighted by atomic mass is 32.1. The first kappa shape index (κ1) is 22.4. The van der Waals surface area contributed by atoms with E-state index >= 15 is 0 Å². The first-order chi connectivity index (χ1) is 14.5. The summed E-state index contributed by atoms with van der Waals surface area (Å²) in [6, 6.07) is 9.15. The number of rotatable bonds is 5. The Balaban J connectivity index is 1.58. The van der Waals surface area contributed by atoms with Gasteiger partial charge in [-0.1, -0.05) is 57.5 Å². The fraction of sp³-hybridized carbons (Fsp3) is 0.640. The Morgan fingerprint density at radius 3 is 2.61 bits per heavy atom. The van der Waals surface area contributed by atoms with Gasteiger partial charge in [-0.05, 0) is 61.6 Å². The van der Waals surface area contributed by atoms with Crippen molar-refractivity contribution >= 4 is 18.0 Å². The molecule has 0 unspecified atom stereocenters. The molecule has 0 aliphatic heterocycles. The van der Waals surface area contributed by atoms with Crippen molar-refractivity contribution in [3.63, 3.8) is 0 Å². The molecule has 2 fully saturated rings. The van der Waals surface area contributed by atoms with E-state index in [9.17, 15) is 9.90 Å². The molecule has 2 aromatic rings. The van der Waals surface area contributed by atoms with Crippen LogP contribution in [-0.2, 0) is 13.0 Å². The van der Waals surface area contributed by atoms with Gasteiger partial charge in [-0.25, -0.2) is 4.68 Å². The molecule has 0 amide bonds. The molecule has 5 nitrogen and oxygen atoms in total. The zero-order valence-electron chi connectivity index (χ0n) is 19.1. The number of carbonyl (C=O) groups excluding carboxylic acids is 1. The molecule has 0 bridgehead atoms. The number of nitrogens with zero attached hydrogens (tertiary/aromatic N) is 2. The maximum absolute atomic E-state index is 12.6. The molecule has 0 radical (unpaired) electrons. The van der Waals surface area contributed by atoms with Crippen LogP contribution in [0.2, 0.25) is 0 Å². The van der Waals surface area contributed by atoms with Crippen molar-refractivity contribution in [3.05, 3.63) is 46.6 Å². The third-order valence-electron chi connectivity index (χ3n) is 8.18. The van der Waals surface area contributed by atoms with Crippen LogP contribution in [0.3, 0.4) is 0 Å². The lowest BCUT2D eigenvalue weighted by atomic mass is 9.45. The molecule has 4 rings (SSSR count). The average Bonchev–Trinajstić information content (AvgIpc) is 3.04. The lowest BCUT2D eigenvalue weighted by Gasteiger charge is -2.61. The molecule has 2 aliphatic carbocycles. The summed E-state index contributed by atoms with van der Waals surface area (Å²) in [5.74, 6) is 1.05. The smallest absolute Gasteiger partial charge is 0.287 e. The second kappa shape index (κ2) is 7.96. The van der Waals surface area contributed by atoms with Crippen molar-refractivity contribution in [2.75, 3.05) is 0 Å². The Kier molecular flexibility index (Phi) is 5.76. The first-order valence-electron chi connectivity index (χ1n) is 11.4. The Morgan fingerprint density at radius 2 is 1.90 bits per heavy atom. The maximum atomic E-state index is 12.6. The highest BCUT2D eigenvalue weighted by Crippen LogP contribution is 2.62. The van der Waals surface area contributed by atoms with Gasteiger partial charge in [-0.15, -0.1) is 5.10 Å². The van der Waals surface area contributed by atoms with Gasteiger partial charge in [0.1, 0.15) is 6.54 Å². The normalized spacial score (nSPS) is 32.4. The summed E-state index contributed by atoms with van der Waals surface area (Å²) in [4.78, 5) is 12.8. The number of ketones is 1. The van der Waals surface area contributed by atoms with E-state index in [1.807, 2.05) is 25.1 Å². The number of aromatic nitrogens is 2. The summed E-state index contributed by atoms with van der Waals surface area (Å²) < 4.78 is 7.30. The summed E-state index contributed by atoms with van der Waals surface area (Å²) >= 11 is 5.36. The van der Waals surface area contributed by atoms with E-state index in [1.165, 1.54) is 17.5 Å². The monoisotopic (exact) mass is 442 g/mol. The molecule has 168 valence electrons. The number of hydrogen-bond donors (Lipinski definition) is 1. The second-order valence-electron chi connectivity index (χ2n) is 10.8. The Labute approximate surface area is 189 Å². The van der Waals surface area contributed by atoms with E-state index in [0.717, 1.165) is 19.3 Å². The predicted octanol–water partition coefficient (Wildman–Crippen LogP) is 5.62. The Bertz CT molecular complexity index is 1010. The van der Waals surface area contributed by atoms with E-state index in [4.69, 9.17) is 16.6 Å². The maximum Gasteiger partial charge on any atom is 0.287 e. The molecule has 2 saturated carbocycles. The number of benzene rings is 1. The van der Waals surface area contributed by atoms with Gasteiger partial charge < -0.3 is 9.52 Å². The minimum Gasteiger partial charge on any atom is -0.414 e. The highest BCUT2D eigenvalue weighted by Gasteiger charge is 2.58. The van der Waals surface area contributed by atoms with E-state index in [-0.39, 0.29) is 33.9 Å². The molecule has 1 N–H and O–H groups in total. The Hall–Kier alpha value is -1.79. The molecule has 6 heteroatoms. The van der Waals surface area contributed by atoms with Gasteiger partial charge in [0, 0.05) is 17.9 Å². The molecule has 4 atom stereocenters. The van der Waals surface area contributed by atoms with E-state index in [1.54, 1.807) is 12.1 Å². The van der Waals surface area contributed by atoms with Crippen molar-refractivity contribution < 1.29 is 14.3 Å². The summed E-state index contributed by atoms with van der Waals surface area (Å²) in [5.41, 5.74) is 0.136. The number of Topliss-reactive ketones (excluding diaryl/α,β-unsaturated/α-hetero) is 1. The molecular formula is C25H34N2O3S. The van der Waals surface area contributed by atoms with E-state index in [0.29, 0.717) is 23.8 Å². The Morgan fingerprint density at radius 1 is 1.19 bits per heavy atom. The third-order valence-corrected chi connectivity index (χ3v) is 8.47. The SMILES string of the molecule is CC1(C)CCC[C@]2(C)[C@@H](Cc3nn(CC(=O)c4ccccc4)c(=S)o3)[C@](C)(O)CC[C@@H]12. The summed E-state index contributed by atoms with van der Waals surface area (Å²) in [5, 5.41) is 15.9. The number of fused-ring (bicyclic) bond motifs is 1. The molecule has 1 aromatic heterocycles. The highest BCUT2D eigenvalue weighted by molar-refractivity contribution is 7.71. The van der Waals surface area contributed by atoms with Crippen LogP contribution in [0.5, 0.6) is 0 Å². The van der Waals surface area contributed by atoms with Crippen molar-refractivity contribution in [1.29, 1.82) is 0 Å². The lowest BCUT2D eigenvalue weighted by Crippen LogP contribution is -2.58. The van der Waals surface area contributed by atoms with Gasteiger partial charge in [-0.3, -0.25) is 4.79 Å². The number of aliphatic hydroxyl groups is 1. The standard InChI is InChI=1S/C25H34N2O3S/c1-23(2)12-8-13-24(3)19(23)11-14-25(4,29)20(24)15-21-26-27(22(31)30-21)16-18(28)17-9-6-5-7-10-17/h5-7,9-10,19-20,29H,8,11-16H2,1-4H3/t19-,20+,24-,25+/m0/s1. The summed E-state index contributed by atoms with van der Waals surface area (Å²) in [7, 11) is 0. The lowest BCUT2D eigenvalue weighted by molar-refractivity contribution is -0.167. The molecular weight excluding hydrogens is 408 g/mol. The summed E-state index contributed by atoms with van der Waals surface area (Å²) in [6.07, 6.45) is 5.89. The quantitative estimate of drug-likeness (QED) is 0.480. The minimum absolute atomic E-state index is 0.0181. The van der Waals surface area contributed by atoms with Crippen LogP contribution in [0.25, 0.3) is 0 Å². The molecule has 0 saturated heterocycles. The predicted molar refractivity (Wildman–Crippen MR) is 122 cm³/mol. The zero-order valence-corrected chi connectivity index (χ0v) is 19.9. The van der Waals surface area contributed by atoms with Crippen LogP contribution < -0.4 is 0 Å². The van der Waals surface area contributed by atoms with Crippen LogP contribution >= 0.6 is 12.2 Å². The van der Waals surface area contributed by atoms with Crippen molar-refractivity contribution in [2.45, 2.75) is 78.4 Å². The van der Waals surface area contributed by atoms with E-state index < -0.39 is 5.60 Å². The molecule has 1 aromatic carbocycles. The van der Waals surface area contributed by atoms with Crippen molar-refractivity contribution in [3.8, 4) is 0 Å². The molecule has 31 heavy (non-hydrogen) atoms. The van der Waals surface area contributed by atoms with Crippen LogP contribution in [0.4, 0.5) is 0 Å². The second-order valence-corrected chi connectivity index (χ2v) is 11.1. The fourth-order valence-corrected chi connectivity index (χ4v) is 6.84. The van der Waals surface area contributed by atoms with Gasteiger partial charge in [-0.2, -0.15) is 0 Å². The molecule has 0 spiro atoms. The van der Waals surface area contributed by atoms with Crippen molar-refractivity contribution in [2.24, 2.45) is 22.7 Å². The average molecular weight is 443 g/mol. The largest absolute Gasteiger partial charge is 0.414 e. The molecule has 1 heterocycles. The van der Waals surface area contributed by atoms with Crippen molar-refractivity contribution in [1.82, 2.24) is 9.78 Å². The van der Waals surface area contributed by atoms with Gasteiger partial charge in [0.25, 0.3) is 4.84 Å². The van der Waals surface area contributed by atoms with Crippen LogP contribution in [-0.4, -0.2) is 26.3 Å². The van der Waals surface area contributed by atoms with Gasteiger partial charge >= 0.3 is 0 Å². The topological polar surface area (TPSA) is 68.3 Å². The molecule has 2 aliphatic rings. The third kappa shape index (κ3) is 4.17. The van der Waals surface area contributed by atoms with Crippen LogP contribution in [0, 0.1) is 27.5 Å². The van der Waals surface area contributed by atoms with E-state index in [2.05, 4.69) is 25.9 Å². The van der Waals surface area contributed by atoms with Gasteiger partial charge in [0.15, 0.2) is 5.78 Å². The van der Waals surface area contributed by atoms with Crippen LogP contribution in [0.15, 0.2) is 34.7 Å².